The minimum Gasteiger partial charge on any atom is -0.299 e. The van der Waals surface area contributed by atoms with Crippen molar-refractivity contribution in [2.75, 3.05) is 0 Å². The first-order valence-electron chi connectivity index (χ1n) is 4.85. The summed E-state index contributed by atoms with van der Waals surface area (Å²) < 4.78 is 31.4. The van der Waals surface area contributed by atoms with Gasteiger partial charge in [-0.1, -0.05) is 6.92 Å². The first kappa shape index (κ1) is 8.85. The van der Waals surface area contributed by atoms with E-state index in [9.17, 15) is 13.2 Å². The van der Waals surface area contributed by atoms with E-state index in [1.165, 1.54) is 0 Å². The third kappa shape index (κ3) is 0.597. The van der Waals surface area contributed by atoms with Crippen molar-refractivity contribution in [2.24, 2.45) is 16.7 Å². The average Bonchev–Trinajstić information content (AvgIpc) is 2.41. The van der Waals surface area contributed by atoms with E-state index < -0.39 is 26.2 Å². The number of carbonyl (C=O) groups is 1. The minimum absolute atomic E-state index is 0.0545. The normalized spacial score (nSPS) is 54.9. The highest BCUT2D eigenvalue weighted by Crippen LogP contribution is 2.82. The van der Waals surface area contributed by atoms with Crippen LogP contribution in [0.5, 0.6) is 0 Å². The summed E-state index contributed by atoms with van der Waals surface area (Å²) in [7, 11) is -4.04. The summed E-state index contributed by atoms with van der Waals surface area (Å²) in [5, 5.41) is -0.803. The highest BCUT2D eigenvalue weighted by molar-refractivity contribution is 7.87. The van der Waals surface area contributed by atoms with E-state index in [-0.39, 0.29) is 11.7 Å². The van der Waals surface area contributed by atoms with Gasteiger partial charge in [0, 0.05) is 11.8 Å². The van der Waals surface area contributed by atoms with Crippen LogP contribution >= 0.6 is 0 Å². The summed E-state index contributed by atoms with van der Waals surface area (Å²) in [4.78, 5) is 11.7. The molecule has 0 aromatic carbocycles. The second-order valence-corrected chi connectivity index (χ2v) is 6.51. The molecule has 0 aliphatic heterocycles. The minimum atomic E-state index is -4.04. The molecule has 0 spiro atoms. The summed E-state index contributed by atoms with van der Waals surface area (Å²) >= 11 is 0. The van der Waals surface area contributed by atoms with Crippen molar-refractivity contribution < 1.29 is 17.8 Å². The standard InChI is InChI=1S/C9H12O4S/c1-8-5-2-3-9(8,6(10)4-5)7(8)14(11,12)13/h5,7H,2-4H2,1H3,(H,11,12,13)/t5?,7?,8?,9-/m1/s1. The van der Waals surface area contributed by atoms with Gasteiger partial charge in [0.05, 0.1) is 5.41 Å². The number of rotatable bonds is 1. The van der Waals surface area contributed by atoms with Gasteiger partial charge in [0.25, 0.3) is 10.1 Å². The van der Waals surface area contributed by atoms with Crippen molar-refractivity contribution in [3.8, 4) is 0 Å². The molecule has 5 heteroatoms. The van der Waals surface area contributed by atoms with Gasteiger partial charge in [-0.15, -0.1) is 0 Å². The zero-order chi connectivity index (χ0) is 10.4. The summed E-state index contributed by atoms with van der Waals surface area (Å²) in [6, 6.07) is 0. The predicted octanol–water partition coefficient (Wildman–Crippen LogP) is 0.632. The summed E-state index contributed by atoms with van der Waals surface area (Å²) in [5.41, 5.74) is -1.15. The monoisotopic (exact) mass is 216 g/mol. The lowest BCUT2D eigenvalue weighted by Crippen LogP contribution is -2.29. The quantitative estimate of drug-likeness (QED) is 0.653. The Hall–Kier alpha value is -0.420. The van der Waals surface area contributed by atoms with Gasteiger partial charge < -0.3 is 0 Å². The maximum absolute atomic E-state index is 11.7. The van der Waals surface area contributed by atoms with Gasteiger partial charge in [0.1, 0.15) is 11.0 Å². The Kier molecular flexibility index (Phi) is 1.22. The zero-order valence-corrected chi connectivity index (χ0v) is 8.67. The second-order valence-electron chi connectivity index (χ2n) is 5.01. The molecule has 0 aromatic rings. The van der Waals surface area contributed by atoms with E-state index >= 15 is 0 Å². The van der Waals surface area contributed by atoms with Crippen LogP contribution in [-0.2, 0) is 14.9 Å². The third-order valence-electron chi connectivity index (χ3n) is 4.83. The largest absolute Gasteiger partial charge is 0.299 e. The van der Waals surface area contributed by atoms with Crippen molar-refractivity contribution >= 4 is 15.9 Å². The molecule has 3 rings (SSSR count). The Morgan fingerprint density at radius 3 is 2.43 bits per heavy atom. The molecule has 3 unspecified atom stereocenters. The summed E-state index contributed by atoms with van der Waals surface area (Å²) in [5.74, 6) is 0.237. The van der Waals surface area contributed by atoms with E-state index in [0.717, 1.165) is 6.42 Å². The Bertz CT molecular complexity index is 440. The van der Waals surface area contributed by atoms with Crippen molar-refractivity contribution in [3.63, 3.8) is 0 Å². The molecule has 0 aromatic heterocycles. The fourth-order valence-electron chi connectivity index (χ4n) is 4.22. The maximum Gasteiger partial charge on any atom is 0.269 e. The van der Waals surface area contributed by atoms with Crippen LogP contribution in [0.4, 0.5) is 0 Å². The van der Waals surface area contributed by atoms with E-state index in [1.807, 2.05) is 6.92 Å². The summed E-state index contributed by atoms with van der Waals surface area (Å²) in [6.07, 6.45) is 2.11. The Labute approximate surface area is 82.4 Å². The molecule has 3 aliphatic carbocycles. The maximum atomic E-state index is 11.7. The molecule has 0 heterocycles. The van der Waals surface area contributed by atoms with Gasteiger partial charge in [-0.25, -0.2) is 0 Å². The lowest BCUT2D eigenvalue weighted by molar-refractivity contribution is -0.124. The van der Waals surface area contributed by atoms with Gasteiger partial charge in [-0.2, -0.15) is 8.42 Å². The smallest absolute Gasteiger partial charge is 0.269 e. The third-order valence-corrected chi connectivity index (χ3v) is 6.32. The zero-order valence-electron chi connectivity index (χ0n) is 7.86. The fraction of sp³-hybridized carbons (Fsp3) is 0.889. The van der Waals surface area contributed by atoms with Gasteiger partial charge in [-0.3, -0.25) is 9.35 Å². The molecule has 14 heavy (non-hydrogen) atoms. The molecule has 1 N–H and O–H groups in total. The van der Waals surface area contributed by atoms with Crippen LogP contribution in [-0.4, -0.2) is 24.0 Å². The lowest BCUT2D eigenvalue weighted by Gasteiger charge is -2.21. The molecule has 3 aliphatic rings. The molecule has 0 saturated heterocycles. The molecule has 2 bridgehead atoms. The second kappa shape index (κ2) is 1.93. The van der Waals surface area contributed by atoms with Gasteiger partial charge in [0.2, 0.25) is 0 Å². The molecular weight excluding hydrogens is 204 g/mol. The first-order valence-corrected chi connectivity index (χ1v) is 6.35. The predicted molar refractivity (Wildman–Crippen MR) is 48.2 cm³/mol. The molecule has 0 amide bonds. The molecule has 4 nitrogen and oxygen atoms in total. The molecule has 3 saturated carbocycles. The molecular formula is C9H12O4S. The molecule has 78 valence electrons. The Morgan fingerprint density at radius 1 is 1.50 bits per heavy atom. The first-order chi connectivity index (χ1) is 6.35. The van der Waals surface area contributed by atoms with Gasteiger partial charge in [-0.05, 0) is 18.8 Å². The van der Waals surface area contributed by atoms with Crippen LogP contribution in [0.1, 0.15) is 26.2 Å². The average molecular weight is 216 g/mol. The van der Waals surface area contributed by atoms with Gasteiger partial charge in [0.15, 0.2) is 0 Å². The molecule has 0 radical (unpaired) electrons. The van der Waals surface area contributed by atoms with Gasteiger partial charge >= 0.3 is 0 Å². The highest BCUT2D eigenvalue weighted by Gasteiger charge is 2.89. The number of hydrogen-bond donors (Lipinski definition) is 1. The van der Waals surface area contributed by atoms with Crippen LogP contribution in [0.15, 0.2) is 0 Å². The number of hydrogen-bond acceptors (Lipinski definition) is 3. The van der Waals surface area contributed by atoms with Crippen molar-refractivity contribution in [3.05, 3.63) is 0 Å². The van der Waals surface area contributed by atoms with Crippen LogP contribution in [0.2, 0.25) is 0 Å². The van der Waals surface area contributed by atoms with E-state index in [4.69, 9.17) is 4.55 Å². The van der Waals surface area contributed by atoms with E-state index in [1.54, 1.807) is 0 Å². The van der Waals surface area contributed by atoms with Crippen LogP contribution in [0.3, 0.4) is 0 Å². The number of Topliss-reactive ketones (excluding diaryl/α,β-unsaturated/α-hetero) is 1. The van der Waals surface area contributed by atoms with E-state index in [0.29, 0.717) is 12.8 Å². The number of carbonyl (C=O) groups excluding carboxylic acids is 1. The lowest BCUT2D eigenvalue weighted by atomic mass is 9.87. The Morgan fingerprint density at radius 2 is 2.14 bits per heavy atom. The fourth-order valence-corrected chi connectivity index (χ4v) is 6.19. The van der Waals surface area contributed by atoms with E-state index in [2.05, 4.69) is 0 Å². The van der Waals surface area contributed by atoms with Crippen LogP contribution in [0.25, 0.3) is 0 Å². The highest BCUT2D eigenvalue weighted by atomic mass is 32.2. The summed E-state index contributed by atoms with van der Waals surface area (Å²) in [6.45, 7) is 1.84. The van der Waals surface area contributed by atoms with Crippen molar-refractivity contribution in [2.45, 2.75) is 31.4 Å². The van der Waals surface area contributed by atoms with Crippen LogP contribution < -0.4 is 0 Å². The number of ketones is 1. The van der Waals surface area contributed by atoms with Crippen LogP contribution in [0, 0.1) is 16.7 Å². The Balaban J connectivity index is 2.16. The topological polar surface area (TPSA) is 71.4 Å². The van der Waals surface area contributed by atoms with Crippen molar-refractivity contribution in [1.29, 1.82) is 0 Å². The molecule has 3 fully saturated rings. The van der Waals surface area contributed by atoms with Crippen molar-refractivity contribution in [1.82, 2.24) is 0 Å². The SMILES string of the molecule is CC12C3CC[C@@]1(C(=O)C3)C2S(=O)(=O)O. The molecule has 4 atom stereocenters.